The number of hydrogen-bond donors (Lipinski definition) is 2. The van der Waals surface area contributed by atoms with Gasteiger partial charge in [-0.15, -0.1) is 0 Å². The Hall–Kier alpha value is -2.56. The van der Waals surface area contributed by atoms with Crippen molar-refractivity contribution in [1.82, 2.24) is 5.32 Å². The molecule has 4 nitrogen and oxygen atoms in total. The molecule has 2 aromatic carbocycles. The van der Waals surface area contributed by atoms with E-state index in [1.807, 2.05) is 31.2 Å². The topological polar surface area (TPSA) is 50.4 Å². The Morgan fingerprint density at radius 3 is 2.57 bits per heavy atom. The van der Waals surface area contributed by atoms with E-state index in [4.69, 9.17) is 4.74 Å². The lowest BCUT2D eigenvalue weighted by Crippen LogP contribution is -2.31. The van der Waals surface area contributed by atoms with Crippen molar-refractivity contribution >= 4 is 11.6 Å². The molecule has 0 aliphatic carbocycles. The normalized spacial score (nSPS) is 10.2. The number of carbonyl (C=O) groups is 1. The molecule has 0 unspecified atom stereocenters. The minimum atomic E-state index is -0.351. The first kappa shape index (κ1) is 16.8. The van der Waals surface area contributed by atoms with E-state index in [1.54, 1.807) is 19.2 Å². The number of carbonyl (C=O) groups excluding carboxylic acids is 1. The van der Waals surface area contributed by atoms with Crippen LogP contribution in [0.5, 0.6) is 5.75 Å². The quantitative estimate of drug-likeness (QED) is 0.826. The summed E-state index contributed by atoms with van der Waals surface area (Å²) in [7, 11) is 1.62. The number of hydrogen-bond acceptors (Lipinski definition) is 3. The number of aryl methyl sites for hydroxylation is 1. The number of methoxy groups -OCH3 is 1. The number of amides is 1. The van der Waals surface area contributed by atoms with Gasteiger partial charge in [-0.25, -0.2) is 4.39 Å². The van der Waals surface area contributed by atoms with Crippen LogP contribution in [-0.4, -0.2) is 26.1 Å². The van der Waals surface area contributed by atoms with Crippen LogP contribution in [0.3, 0.4) is 0 Å². The summed E-state index contributed by atoms with van der Waals surface area (Å²) in [5.41, 5.74) is 2.29. The molecule has 0 aliphatic rings. The van der Waals surface area contributed by atoms with Crippen molar-refractivity contribution in [1.29, 1.82) is 0 Å². The molecular formula is C18H21FN2O2. The fourth-order valence-corrected chi connectivity index (χ4v) is 2.14. The van der Waals surface area contributed by atoms with Gasteiger partial charge in [0.15, 0.2) is 0 Å². The van der Waals surface area contributed by atoms with Crippen molar-refractivity contribution in [3.05, 3.63) is 59.4 Å². The lowest BCUT2D eigenvalue weighted by atomic mass is 10.1. The number of nitrogens with one attached hydrogen (secondary N) is 2. The lowest BCUT2D eigenvalue weighted by Gasteiger charge is -2.09. The smallest absolute Gasteiger partial charge is 0.239 e. The third-order valence-electron chi connectivity index (χ3n) is 3.46. The second-order valence-electron chi connectivity index (χ2n) is 5.28. The molecule has 1 amide bonds. The minimum absolute atomic E-state index is 0.0442. The molecule has 2 rings (SSSR count). The highest BCUT2D eigenvalue weighted by Gasteiger charge is 2.05. The standard InChI is InChI=1S/C18H21FN2O2/c1-13-3-8-17(16(19)11-13)21-12-18(22)20-10-9-14-4-6-15(23-2)7-5-14/h3-8,11,21H,9-10,12H2,1-2H3,(H,20,22). The van der Waals surface area contributed by atoms with Gasteiger partial charge >= 0.3 is 0 Å². The molecule has 0 fully saturated rings. The van der Waals surface area contributed by atoms with Gasteiger partial charge in [-0.1, -0.05) is 18.2 Å². The molecule has 0 atom stereocenters. The van der Waals surface area contributed by atoms with Crippen molar-refractivity contribution in [2.75, 3.05) is 25.5 Å². The van der Waals surface area contributed by atoms with Crippen LogP contribution >= 0.6 is 0 Å². The molecule has 0 aliphatic heterocycles. The van der Waals surface area contributed by atoms with Crippen molar-refractivity contribution in [3.8, 4) is 5.75 Å². The van der Waals surface area contributed by atoms with Gasteiger partial charge in [0.1, 0.15) is 11.6 Å². The van der Waals surface area contributed by atoms with Crippen LogP contribution in [0.2, 0.25) is 0 Å². The Morgan fingerprint density at radius 1 is 1.17 bits per heavy atom. The molecule has 23 heavy (non-hydrogen) atoms. The van der Waals surface area contributed by atoms with Gasteiger partial charge < -0.3 is 15.4 Å². The monoisotopic (exact) mass is 316 g/mol. The highest BCUT2D eigenvalue weighted by Crippen LogP contribution is 2.14. The van der Waals surface area contributed by atoms with E-state index in [-0.39, 0.29) is 18.3 Å². The van der Waals surface area contributed by atoms with Crippen molar-refractivity contribution in [3.63, 3.8) is 0 Å². The highest BCUT2D eigenvalue weighted by molar-refractivity contribution is 5.80. The van der Waals surface area contributed by atoms with Gasteiger partial charge in [0.25, 0.3) is 0 Å². The van der Waals surface area contributed by atoms with E-state index in [0.29, 0.717) is 12.2 Å². The molecule has 0 heterocycles. The Labute approximate surface area is 135 Å². The second-order valence-corrected chi connectivity index (χ2v) is 5.28. The number of ether oxygens (including phenoxy) is 1. The van der Waals surface area contributed by atoms with E-state index < -0.39 is 0 Å². The molecule has 5 heteroatoms. The van der Waals surface area contributed by atoms with E-state index in [2.05, 4.69) is 10.6 Å². The molecule has 2 N–H and O–H groups in total. The maximum Gasteiger partial charge on any atom is 0.239 e. The minimum Gasteiger partial charge on any atom is -0.497 e. The maximum absolute atomic E-state index is 13.6. The Morgan fingerprint density at radius 2 is 1.91 bits per heavy atom. The summed E-state index contributed by atoms with van der Waals surface area (Å²) < 4.78 is 18.7. The second kappa shape index (κ2) is 8.17. The average molecular weight is 316 g/mol. The van der Waals surface area contributed by atoms with Crippen LogP contribution in [0.15, 0.2) is 42.5 Å². The fourth-order valence-electron chi connectivity index (χ4n) is 2.14. The third kappa shape index (κ3) is 5.29. The Bertz CT molecular complexity index is 657. The average Bonchev–Trinajstić information content (AvgIpc) is 2.54. The number of anilines is 1. The molecule has 0 saturated heterocycles. The first-order valence-electron chi connectivity index (χ1n) is 7.48. The van der Waals surface area contributed by atoms with Crippen LogP contribution < -0.4 is 15.4 Å². The van der Waals surface area contributed by atoms with Crippen LogP contribution in [0.4, 0.5) is 10.1 Å². The van der Waals surface area contributed by atoms with E-state index in [0.717, 1.165) is 23.3 Å². The van der Waals surface area contributed by atoms with Gasteiger partial charge in [-0.3, -0.25) is 4.79 Å². The van der Waals surface area contributed by atoms with Crippen molar-refractivity contribution < 1.29 is 13.9 Å². The molecule has 0 radical (unpaired) electrons. The maximum atomic E-state index is 13.6. The van der Waals surface area contributed by atoms with Gasteiger partial charge in [-0.2, -0.15) is 0 Å². The molecule has 0 spiro atoms. The lowest BCUT2D eigenvalue weighted by molar-refractivity contribution is -0.119. The third-order valence-corrected chi connectivity index (χ3v) is 3.46. The fraction of sp³-hybridized carbons (Fsp3) is 0.278. The van der Waals surface area contributed by atoms with Crippen molar-refractivity contribution in [2.24, 2.45) is 0 Å². The highest BCUT2D eigenvalue weighted by atomic mass is 19.1. The number of rotatable bonds is 7. The molecule has 2 aromatic rings. The predicted molar refractivity (Wildman–Crippen MR) is 89.3 cm³/mol. The number of benzene rings is 2. The van der Waals surface area contributed by atoms with Crippen molar-refractivity contribution in [2.45, 2.75) is 13.3 Å². The first-order chi connectivity index (χ1) is 11.1. The Kier molecular flexibility index (Phi) is 5.97. The summed E-state index contributed by atoms with van der Waals surface area (Å²) in [6.45, 7) is 2.39. The molecule has 0 aromatic heterocycles. The molecule has 0 saturated carbocycles. The first-order valence-corrected chi connectivity index (χ1v) is 7.48. The predicted octanol–water partition coefficient (Wildman–Crippen LogP) is 2.91. The van der Waals surface area contributed by atoms with Gasteiger partial charge in [0.2, 0.25) is 5.91 Å². The summed E-state index contributed by atoms with van der Waals surface area (Å²) in [6.07, 6.45) is 0.731. The van der Waals surface area contributed by atoms with Gasteiger partial charge in [0, 0.05) is 6.54 Å². The summed E-state index contributed by atoms with van der Waals surface area (Å²) in [5.74, 6) is 0.289. The van der Waals surface area contributed by atoms with Crippen LogP contribution in [0.1, 0.15) is 11.1 Å². The van der Waals surface area contributed by atoms with Crippen LogP contribution in [0.25, 0.3) is 0 Å². The zero-order valence-electron chi connectivity index (χ0n) is 13.4. The summed E-state index contributed by atoms with van der Waals surface area (Å²) in [4.78, 5) is 11.8. The van der Waals surface area contributed by atoms with E-state index in [9.17, 15) is 9.18 Å². The summed E-state index contributed by atoms with van der Waals surface area (Å²) in [6, 6.07) is 12.6. The molecule has 122 valence electrons. The van der Waals surface area contributed by atoms with Gasteiger partial charge in [-0.05, 0) is 48.7 Å². The van der Waals surface area contributed by atoms with Crippen LogP contribution in [0, 0.1) is 12.7 Å². The Balaban J connectivity index is 1.72. The van der Waals surface area contributed by atoms with Crippen LogP contribution in [-0.2, 0) is 11.2 Å². The number of halogens is 1. The molecular weight excluding hydrogens is 295 g/mol. The SMILES string of the molecule is COc1ccc(CCNC(=O)CNc2ccc(C)cc2F)cc1. The summed E-state index contributed by atoms with van der Waals surface area (Å²) >= 11 is 0. The zero-order valence-corrected chi connectivity index (χ0v) is 13.4. The van der Waals surface area contributed by atoms with Gasteiger partial charge in [0.05, 0.1) is 19.3 Å². The van der Waals surface area contributed by atoms with E-state index >= 15 is 0 Å². The molecule has 0 bridgehead atoms. The zero-order chi connectivity index (χ0) is 16.7. The summed E-state index contributed by atoms with van der Waals surface area (Å²) in [5, 5.41) is 5.61. The van der Waals surface area contributed by atoms with E-state index in [1.165, 1.54) is 6.07 Å². The largest absolute Gasteiger partial charge is 0.497 e.